The van der Waals surface area contributed by atoms with Crippen LogP contribution in [0.25, 0.3) is 0 Å². The van der Waals surface area contributed by atoms with Gasteiger partial charge in [-0.15, -0.1) is 0 Å². The van der Waals surface area contributed by atoms with E-state index < -0.39 is 23.4 Å². The van der Waals surface area contributed by atoms with Crippen LogP contribution in [0.3, 0.4) is 0 Å². The van der Waals surface area contributed by atoms with Crippen molar-refractivity contribution >= 4 is 23.2 Å². The number of rotatable bonds is 6. The first-order chi connectivity index (χ1) is 14.4. The highest BCUT2D eigenvalue weighted by Gasteiger charge is 2.19. The number of hydrogen-bond acceptors (Lipinski definition) is 4. The van der Waals surface area contributed by atoms with Gasteiger partial charge >= 0.3 is 11.8 Å². The van der Waals surface area contributed by atoms with Crippen LogP contribution in [0.15, 0.2) is 42.5 Å². The molecule has 0 aliphatic carbocycles. The number of carbonyl (C=O) groups excluding carboxylic acids is 2. The Hall–Kier alpha value is -3.07. The van der Waals surface area contributed by atoms with Crippen molar-refractivity contribution in [3.05, 3.63) is 59.9 Å². The Kier molecular flexibility index (Phi) is 7.29. The second-order valence-electron chi connectivity index (χ2n) is 6.97. The molecule has 9 heteroatoms. The SMILES string of the molecule is O=C(NCCCN1CCN(c2ccccc2F)CC1)C(=O)Nc1ccc(F)c(F)c1. The van der Waals surface area contributed by atoms with Gasteiger partial charge in [0.05, 0.1) is 5.69 Å². The van der Waals surface area contributed by atoms with Crippen molar-refractivity contribution in [2.24, 2.45) is 0 Å². The highest BCUT2D eigenvalue weighted by Crippen LogP contribution is 2.20. The monoisotopic (exact) mass is 420 g/mol. The number of halogens is 3. The number of amides is 2. The van der Waals surface area contributed by atoms with E-state index in [4.69, 9.17) is 0 Å². The van der Waals surface area contributed by atoms with Crippen molar-refractivity contribution in [1.82, 2.24) is 10.2 Å². The number of benzene rings is 2. The maximum atomic E-state index is 13.9. The van der Waals surface area contributed by atoms with Gasteiger partial charge in [0.15, 0.2) is 11.6 Å². The standard InChI is InChI=1S/C21H23F3N4O2/c22-16-7-6-15(14-18(16)24)26-21(30)20(29)25-8-3-9-27-10-12-28(13-11-27)19-5-2-1-4-17(19)23/h1-2,4-7,14H,3,8-13H2,(H,25,29)(H,26,30). The third-order valence-electron chi connectivity index (χ3n) is 4.89. The van der Waals surface area contributed by atoms with Crippen molar-refractivity contribution in [3.8, 4) is 0 Å². The summed E-state index contributed by atoms with van der Waals surface area (Å²) >= 11 is 0. The zero-order valence-corrected chi connectivity index (χ0v) is 16.3. The maximum absolute atomic E-state index is 13.9. The first kappa shape index (κ1) is 21.6. The number of nitrogens with zero attached hydrogens (tertiary/aromatic N) is 2. The van der Waals surface area contributed by atoms with E-state index in [0.29, 0.717) is 31.7 Å². The smallest absolute Gasteiger partial charge is 0.313 e. The van der Waals surface area contributed by atoms with Gasteiger partial charge in [0, 0.05) is 44.5 Å². The average Bonchev–Trinajstić information content (AvgIpc) is 2.74. The minimum atomic E-state index is -1.11. The number of carbonyl (C=O) groups is 2. The molecule has 2 amide bonds. The molecule has 2 aromatic rings. The quantitative estimate of drug-likeness (QED) is 0.556. The summed E-state index contributed by atoms with van der Waals surface area (Å²) in [6.07, 6.45) is 0.643. The van der Waals surface area contributed by atoms with Gasteiger partial charge in [0.25, 0.3) is 0 Å². The molecule has 1 fully saturated rings. The normalized spacial score (nSPS) is 14.4. The van der Waals surface area contributed by atoms with Crippen LogP contribution in [-0.4, -0.2) is 56.0 Å². The Morgan fingerprint density at radius 3 is 2.30 bits per heavy atom. The van der Waals surface area contributed by atoms with Crippen molar-refractivity contribution in [3.63, 3.8) is 0 Å². The summed E-state index contributed by atoms with van der Waals surface area (Å²) in [7, 11) is 0. The number of nitrogens with one attached hydrogen (secondary N) is 2. The minimum absolute atomic E-state index is 0.00164. The van der Waals surface area contributed by atoms with Gasteiger partial charge in [0.1, 0.15) is 5.82 Å². The van der Waals surface area contributed by atoms with Crippen LogP contribution >= 0.6 is 0 Å². The van der Waals surface area contributed by atoms with Crippen molar-refractivity contribution < 1.29 is 22.8 Å². The third-order valence-corrected chi connectivity index (χ3v) is 4.89. The lowest BCUT2D eigenvalue weighted by molar-refractivity contribution is -0.136. The van der Waals surface area contributed by atoms with E-state index in [-0.39, 0.29) is 11.5 Å². The highest BCUT2D eigenvalue weighted by atomic mass is 19.2. The lowest BCUT2D eigenvalue weighted by atomic mass is 10.2. The van der Waals surface area contributed by atoms with Gasteiger partial charge in [-0.05, 0) is 37.2 Å². The van der Waals surface area contributed by atoms with Crippen LogP contribution in [0.2, 0.25) is 0 Å². The molecule has 30 heavy (non-hydrogen) atoms. The number of para-hydroxylation sites is 1. The molecule has 2 N–H and O–H groups in total. The molecule has 1 saturated heterocycles. The van der Waals surface area contributed by atoms with E-state index in [2.05, 4.69) is 15.5 Å². The van der Waals surface area contributed by atoms with Gasteiger partial charge in [-0.3, -0.25) is 14.5 Å². The van der Waals surface area contributed by atoms with Gasteiger partial charge in [-0.25, -0.2) is 13.2 Å². The summed E-state index contributed by atoms with van der Waals surface area (Å²) in [4.78, 5) is 27.9. The summed E-state index contributed by atoms with van der Waals surface area (Å²) in [6, 6.07) is 9.55. The van der Waals surface area contributed by atoms with Crippen molar-refractivity contribution in [2.45, 2.75) is 6.42 Å². The number of anilines is 2. The van der Waals surface area contributed by atoms with E-state index in [1.165, 1.54) is 12.1 Å². The molecule has 0 bridgehead atoms. The molecule has 1 heterocycles. The van der Waals surface area contributed by atoms with Crippen LogP contribution in [0.5, 0.6) is 0 Å². The van der Waals surface area contributed by atoms with Crippen molar-refractivity contribution in [2.75, 3.05) is 49.5 Å². The van der Waals surface area contributed by atoms with E-state index in [1.54, 1.807) is 12.1 Å². The van der Waals surface area contributed by atoms with E-state index in [0.717, 1.165) is 31.8 Å². The predicted octanol–water partition coefficient (Wildman–Crippen LogP) is 2.37. The fourth-order valence-corrected chi connectivity index (χ4v) is 3.27. The van der Waals surface area contributed by atoms with Crippen LogP contribution in [0.1, 0.15) is 6.42 Å². The predicted molar refractivity (Wildman–Crippen MR) is 108 cm³/mol. The molecule has 1 aliphatic rings. The molecule has 0 saturated carbocycles. The largest absolute Gasteiger partial charge is 0.367 e. The number of hydrogen-bond donors (Lipinski definition) is 2. The molecule has 0 atom stereocenters. The lowest BCUT2D eigenvalue weighted by Crippen LogP contribution is -2.47. The second-order valence-corrected chi connectivity index (χ2v) is 6.97. The summed E-state index contributed by atoms with van der Waals surface area (Å²) in [6.45, 7) is 4.01. The summed E-state index contributed by atoms with van der Waals surface area (Å²) < 4.78 is 39.9. The Morgan fingerprint density at radius 2 is 1.60 bits per heavy atom. The van der Waals surface area contributed by atoms with Crippen LogP contribution in [0, 0.1) is 17.5 Å². The molecule has 0 spiro atoms. The topological polar surface area (TPSA) is 64.7 Å². The first-order valence-corrected chi connectivity index (χ1v) is 9.70. The fourth-order valence-electron chi connectivity index (χ4n) is 3.27. The van der Waals surface area contributed by atoms with Gasteiger partial charge in [-0.2, -0.15) is 0 Å². The van der Waals surface area contributed by atoms with E-state index in [1.807, 2.05) is 11.0 Å². The Labute approximate surface area is 172 Å². The zero-order valence-electron chi connectivity index (χ0n) is 16.3. The maximum Gasteiger partial charge on any atom is 0.313 e. The molecule has 0 radical (unpaired) electrons. The molecule has 0 unspecified atom stereocenters. The molecule has 6 nitrogen and oxygen atoms in total. The number of piperazine rings is 1. The molecule has 2 aromatic carbocycles. The molecule has 0 aromatic heterocycles. The molecule has 3 rings (SSSR count). The molecule has 1 aliphatic heterocycles. The minimum Gasteiger partial charge on any atom is -0.367 e. The molecule has 160 valence electrons. The van der Waals surface area contributed by atoms with E-state index >= 15 is 0 Å². The first-order valence-electron chi connectivity index (χ1n) is 9.70. The zero-order chi connectivity index (χ0) is 21.5. The Bertz CT molecular complexity index is 902. The van der Waals surface area contributed by atoms with Gasteiger partial charge in [0.2, 0.25) is 0 Å². The summed E-state index contributed by atoms with van der Waals surface area (Å²) in [5, 5.41) is 4.73. The highest BCUT2D eigenvalue weighted by molar-refractivity contribution is 6.39. The van der Waals surface area contributed by atoms with Crippen LogP contribution < -0.4 is 15.5 Å². The summed E-state index contributed by atoms with van der Waals surface area (Å²) in [5.74, 6) is -4.16. The summed E-state index contributed by atoms with van der Waals surface area (Å²) in [5.41, 5.74) is 0.609. The van der Waals surface area contributed by atoms with Gasteiger partial charge in [-0.1, -0.05) is 12.1 Å². The average molecular weight is 420 g/mol. The molecular weight excluding hydrogens is 397 g/mol. The third kappa shape index (κ3) is 5.73. The van der Waals surface area contributed by atoms with E-state index in [9.17, 15) is 22.8 Å². The Balaban J connectivity index is 1.34. The van der Waals surface area contributed by atoms with Crippen LogP contribution in [-0.2, 0) is 9.59 Å². The van der Waals surface area contributed by atoms with Crippen molar-refractivity contribution in [1.29, 1.82) is 0 Å². The second kappa shape index (κ2) is 10.1. The Morgan fingerprint density at radius 1 is 0.867 bits per heavy atom. The van der Waals surface area contributed by atoms with Gasteiger partial charge < -0.3 is 15.5 Å². The molecular formula is C21H23F3N4O2. The fraction of sp³-hybridized carbons (Fsp3) is 0.333. The lowest BCUT2D eigenvalue weighted by Gasteiger charge is -2.36. The van der Waals surface area contributed by atoms with Crippen LogP contribution in [0.4, 0.5) is 24.5 Å².